The van der Waals surface area contributed by atoms with Crippen LogP contribution in [0.3, 0.4) is 0 Å². The number of benzene rings is 1. The number of anilines is 2. The second kappa shape index (κ2) is 6.06. The van der Waals surface area contributed by atoms with E-state index in [1.165, 1.54) is 28.8 Å². The minimum atomic E-state index is -3.77. The number of sulfonamides is 2. The predicted molar refractivity (Wildman–Crippen MR) is 92.0 cm³/mol. The predicted octanol–water partition coefficient (Wildman–Crippen LogP) is 1.59. The summed E-state index contributed by atoms with van der Waals surface area (Å²) in [7, 11) is -7.18. The summed E-state index contributed by atoms with van der Waals surface area (Å²) in [6, 6.07) is 7.93. The van der Waals surface area contributed by atoms with E-state index < -0.39 is 20.0 Å². The van der Waals surface area contributed by atoms with Crippen LogP contribution in [-0.4, -0.2) is 34.6 Å². The van der Waals surface area contributed by atoms with Gasteiger partial charge in [0.1, 0.15) is 4.90 Å². The number of rotatable bonds is 4. The molecule has 1 N–H and O–H groups in total. The molecular weight excluding hydrogens is 350 g/mol. The zero-order valence-electron chi connectivity index (χ0n) is 13.0. The van der Waals surface area contributed by atoms with Crippen molar-refractivity contribution in [1.29, 1.82) is 0 Å². The molecule has 1 aliphatic rings. The summed E-state index contributed by atoms with van der Waals surface area (Å²) in [4.78, 5) is 3.84. The Morgan fingerprint density at radius 1 is 1.17 bits per heavy atom. The third-order valence-corrected chi connectivity index (χ3v) is 6.31. The highest BCUT2D eigenvalue weighted by Gasteiger charge is 2.25. The van der Waals surface area contributed by atoms with E-state index in [0.717, 1.165) is 24.7 Å². The van der Waals surface area contributed by atoms with Crippen molar-refractivity contribution in [3.8, 4) is 0 Å². The van der Waals surface area contributed by atoms with Gasteiger partial charge in [-0.25, -0.2) is 16.8 Å². The number of pyridine rings is 1. The molecule has 0 radical (unpaired) electrons. The summed E-state index contributed by atoms with van der Waals surface area (Å²) in [5, 5.41) is 0. The van der Waals surface area contributed by atoms with Crippen molar-refractivity contribution in [2.75, 3.05) is 21.8 Å². The largest absolute Gasteiger partial charge is 0.280 e. The number of fused-ring (bicyclic) bond motifs is 1. The summed E-state index contributed by atoms with van der Waals surface area (Å²) in [6.07, 6.45) is 5.39. The molecule has 24 heavy (non-hydrogen) atoms. The average molecular weight is 367 g/mol. The molecule has 2 heterocycles. The lowest BCUT2D eigenvalue weighted by atomic mass is 10.0. The van der Waals surface area contributed by atoms with Crippen LogP contribution in [0.4, 0.5) is 11.4 Å². The van der Waals surface area contributed by atoms with Gasteiger partial charge >= 0.3 is 0 Å². The van der Waals surface area contributed by atoms with Gasteiger partial charge in [0, 0.05) is 18.9 Å². The molecule has 0 atom stereocenters. The fourth-order valence-electron chi connectivity index (χ4n) is 2.67. The maximum atomic E-state index is 12.4. The van der Waals surface area contributed by atoms with Crippen LogP contribution in [0.1, 0.15) is 12.0 Å². The van der Waals surface area contributed by atoms with Crippen molar-refractivity contribution in [3.05, 3.63) is 48.3 Å². The lowest BCUT2D eigenvalue weighted by molar-refractivity contribution is 0.592. The van der Waals surface area contributed by atoms with Crippen LogP contribution >= 0.6 is 0 Å². The van der Waals surface area contributed by atoms with Gasteiger partial charge in [-0.15, -0.1) is 0 Å². The first kappa shape index (κ1) is 16.7. The van der Waals surface area contributed by atoms with Crippen LogP contribution in [0, 0.1) is 0 Å². The fourth-order valence-corrected chi connectivity index (χ4v) is 4.67. The van der Waals surface area contributed by atoms with E-state index in [-0.39, 0.29) is 4.90 Å². The lowest BCUT2D eigenvalue weighted by Crippen LogP contribution is -2.34. The summed E-state index contributed by atoms with van der Waals surface area (Å²) < 4.78 is 52.4. The maximum Gasteiger partial charge on any atom is 0.263 e. The van der Waals surface area contributed by atoms with E-state index in [2.05, 4.69) is 9.71 Å². The molecule has 0 bridgehead atoms. The Labute approximate surface area is 141 Å². The van der Waals surface area contributed by atoms with Crippen molar-refractivity contribution in [3.63, 3.8) is 0 Å². The number of nitrogens with one attached hydrogen (secondary N) is 1. The summed E-state index contributed by atoms with van der Waals surface area (Å²) >= 11 is 0. The Hall–Kier alpha value is -2.13. The first-order chi connectivity index (χ1) is 11.3. The van der Waals surface area contributed by atoms with Crippen LogP contribution in [0.2, 0.25) is 0 Å². The normalized spacial score (nSPS) is 15.0. The molecular formula is C15H17N3O4S2. The Kier molecular flexibility index (Phi) is 4.22. The number of nitrogens with zero attached hydrogens (tertiary/aromatic N) is 2. The van der Waals surface area contributed by atoms with E-state index in [4.69, 9.17) is 0 Å². The number of hydrogen-bond acceptors (Lipinski definition) is 5. The zero-order chi connectivity index (χ0) is 17.4. The van der Waals surface area contributed by atoms with Gasteiger partial charge in [-0.1, -0.05) is 6.07 Å². The number of aromatic nitrogens is 1. The zero-order valence-corrected chi connectivity index (χ0v) is 14.6. The van der Waals surface area contributed by atoms with Crippen molar-refractivity contribution in [1.82, 2.24) is 4.98 Å². The quantitative estimate of drug-likeness (QED) is 0.885. The molecule has 0 amide bonds. The van der Waals surface area contributed by atoms with Gasteiger partial charge in [-0.3, -0.25) is 14.0 Å². The maximum absolute atomic E-state index is 12.4. The molecule has 0 unspecified atom stereocenters. The van der Waals surface area contributed by atoms with E-state index >= 15 is 0 Å². The second-order valence-corrected chi connectivity index (χ2v) is 9.17. The minimum absolute atomic E-state index is 0.0442. The summed E-state index contributed by atoms with van der Waals surface area (Å²) in [6.45, 7) is 0.393. The van der Waals surface area contributed by atoms with Gasteiger partial charge in [-0.05, 0) is 42.7 Å². The van der Waals surface area contributed by atoms with Crippen molar-refractivity contribution in [2.24, 2.45) is 0 Å². The van der Waals surface area contributed by atoms with Crippen LogP contribution in [0.25, 0.3) is 0 Å². The molecule has 1 aromatic carbocycles. The van der Waals surface area contributed by atoms with Gasteiger partial charge in [-0.2, -0.15) is 0 Å². The Bertz CT molecular complexity index is 957. The topological polar surface area (TPSA) is 96.4 Å². The van der Waals surface area contributed by atoms with Crippen molar-refractivity contribution < 1.29 is 16.8 Å². The molecule has 128 valence electrons. The number of hydrogen-bond donors (Lipinski definition) is 1. The van der Waals surface area contributed by atoms with E-state index in [9.17, 15) is 16.8 Å². The van der Waals surface area contributed by atoms with Crippen molar-refractivity contribution >= 4 is 31.4 Å². The van der Waals surface area contributed by atoms with E-state index in [0.29, 0.717) is 17.9 Å². The standard InChI is InChI=1S/C15H17N3O4S2/c1-23(19,20)18-9-3-4-12-6-7-13(10-15(12)18)17-24(21,22)14-5-2-8-16-11-14/h2,5-8,10-11,17H,3-4,9H2,1H3. The molecule has 0 spiro atoms. The fraction of sp³-hybridized carbons (Fsp3) is 0.267. The van der Waals surface area contributed by atoms with Gasteiger partial charge < -0.3 is 0 Å². The molecule has 3 rings (SSSR count). The van der Waals surface area contributed by atoms with Gasteiger partial charge in [0.15, 0.2) is 0 Å². The first-order valence-electron chi connectivity index (χ1n) is 7.31. The van der Waals surface area contributed by atoms with Gasteiger partial charge in [0.25, 0.3) is 10.0 Å². The smallest absolute Gasteiger partial charge is 0.263 e. The molecule has 2 aromatic rings. The molecule has 1 aliphatic heterocycles. The molecule has 9 heteroatoms. The summed E-state index contributed by atoms with van der Waals surface area (Å²) in [5.74, 6) is 0. The SMILES string of the molecule is CS(=O)(=O)N1CCCc2ccc(NS(=O)(=O)c3cccnc3)cc21. The molecule has 0 saturated heterocycles. The Morgan fingerprint density at radius 2 is 1.96 bits per heavy atom. The lowest BCUT2D eigenvalue weighted by Gasteiger charge is -2.29. The molecule has 0 aliphatic carbocycles. The highest BCUT2D eigenvalue weighted by atomic mass is 32.2. The van der Waals surface area contributed by atoms with Gasteiger partial charge in [0.05, 0.1) is 17.6 Å². The minimum Gasteiger partial charge on any atom is -0.280 e. The second-order valence-electron chi connectivity index (χ2n) is 5.58. The number of aryl methyl sites for hydroxylation is 1. The highest BCUT2D eigenvalue weighted by Crippen LogP contribution is 2.32. The van der Waals surface area contributed by atoms with Gasteiger partial charge in [0.2, 0.25) is 10.0 Å². The molecule has 1 aromatic heterocycles. The van der Waals surface area contributed by atoms with Crippen LogP contribution in [-0.2, 0) is 26.5 Å². The summed E-state index contributed by atoms with van der Waals surface area (Å²) in [5.41, 5.74) is 1.72. The third-order valence-electron chi connectivity index (χ3n) is 3.76. The third kappa shape index (κ3) is 3.36. The highest BCUT2D eigenvalue weighted by molar-refractivity contribution is 7.92. The van der Waals surface area contributed by atoms with Crippen LogP contribution in [0.15, 0.2) is 47.6 Å². The van der Waals surface area contributed by atoms with Crippen LogP contribution < -0.4 is 9.03 Å². The average Bonchev–Trinajstić information content (AvgIpc) is 2.54. The van der Waals surface area contributed by atoms with E-state index in [1.54, 1.807) is 18.2 Å². The monoisotopic (exact) mass is 367 g/mol. The van der Waals surface area contributed by atoms with E-state index in [1.807, 2.05) is 0 Å². The Morgan fingerprint density at radius 3 is 2.62 bits per heavy atom. The molecule has 0 fully saturated rings. The molecule has 0 saturated carbocycles. The van der Waals surface area contributed by atoms with Crippen LogP contribution in [0.5, 0.6) is 0 Å². The molecule has 7 nitrogen and oxygen atoms in total. The Balaban J connectivity index is 1.97. The first-order valence-corrected chi connectivity index (χ1v) is 10.6. The van der Waals surface area contributed by atoms with Crippen molar-refractivity contribution in [2.45, 2.75) is 17.7 Å².